The molecule has 106 valence electrons. The molecule has 0 amide bonds. The van der Waals surface area contributed by atoms with E-state index in [2.05, 4.69) is 18.3 Å². The monoisotopic (exact) mass is 265 g/mol. The highest BCUT2D eigenvalue weighted by Crippen LogP contribution is 2.40. The van der Waals surface area contributed by atoms with Crippen LogP contribution in [0.1, 0.15) is 37.8 Å². The van der Waals surface area contributed by atoms with Crippen molar-refractivity contribution in [3.05, 3.63) is 24.2 Å². The Kier molecular flexibility index (Phi) is 3.91. The zero-order valence-corrected chi connectivity index (χ0v) is 11.6. The van der Waals surface area contributed by atoms with E-state index in [0.29, 0.717) is 12.0 Å². The van der Waals surface area contributed by atoms with Crippen LogP contribution in [0.2, 0.25) is 0 Å². The SMILES string of the molecule is CCNC(c1ccoc1)C1CCOC2(CCOC2)C1. The number of nitrogens with one attached hydrogen (secondary N) is 1. The summed E-state index contributed by atoms with van der Waals surface area (Å²) in [4.78, 5) is 0. The standard InChI is InChI=1S/C15H23NO3/c1-2-16-14(13-3-6-17-10-13)12-4-7-19-15(9-12)5-8-18-11-15/h3,6,10,12,14,16H,2,4-5,7-9,11H2,1H3. The predicted octanol–water partition coefficient (Wildman–Crippen LogP) is 2.52. The molecule has 0 aromatic carbocycles. The second kappa shape index (κ2) is 5.65. The molecule has 2 saturated heterocycles. The molecule has 2 fully saturated rings. The highest BCUT2D eigenvalue weighted by Gasteiger charge is 2.43. The molecule has 0 saturated carbocycles. The van der Waals surface area contributed by atoms with Crippen LogP contribution in [-0.4, -0.2) is 32.0 Å². The summed E-state index contributed by atoms with van der Waals surface area (Å²) in [6.45, 7) is 5.56. The van der Waals surface area contributed by atoms with E-state index < -0.39 is 0 Å². The first kappa shape index (κ1) is 13.2. The summed E-state index contributed by atoms with van der Waals surface area (Å²) in [5.74, 6) is 0.591. The molecule has 1 aromatic heterocycles. The Hall–Kier alpha value is -0.840. The zero-order chi connectivity index (χ0) is 13.1. The Labute approximate surface area is 114 Å². The fourth-order valence-corrected chi connectivity index (χ4v) is 3.44. The van der Waals surface area contributed by atoms with Crippen molar-refractivity contribution in [1.82, 2.24) is 5.32 Å². The molecule has 3 atom stereocenters. The third kappa shape index (κ3) is 2.71. The van der Waals surface area contributed by atoms with E-state index in [1.165, 1.54) is 5.56 Å². The minimum absolute atomic E-state index is 0.0275. The molecule has 3 rings (SSSR count). The summed E-state index contributed by atoms with van der Waals surface area (Å²) in [5.41, 5.74) is 1.23. The van der Waals surface area contributed by atoms with E-state index in [-0.39, 0.29) is 5.60 Å². The lowest BCUT2D eigenvalue weighted by Gasteiger charge is -2.40. The van der Waals surface area contributed by atoms with Gasteiger partial charge in [0.25, 0.3) is 0 Å². The van der Waals surface area contributed by atoms with Crippen molar-refractivity contribution in [3.8, 4) is 0 Å². The number of ether oxygens (including phenoxy) is 2. The van der Waals surface area contributed by atoms with Gasteiger partial charge in [0.05, 0.1) is 24.7 Å². The molecular formula is C15H23NO3. The van der Waals surface area contributed by atoms with E-state index in [0.717, 1.165) is 45.6 Å². The molecule has 3 unspecified atom stereocenters. The summed E-state index contributed by atoms with van der Waals surface area (Å²) in [6.07, 6.45) is 6.84. The molecule has 4 heteroatoms. The second-order valence-corrected chi connectivity index (χ2v) is 5.68. The Morgan fingerprint density at radius 2 is 2.42 bits per heavy atom. The average Bonchev–Trinajstić information content (AvgIpc) is 3.08. The lowest BCUT2D eigenvalue weighted by atomic mass is 9.79. The number of furan rings is 1. The van der Waals surface area contributed by atoms with E-state index in [1.807, 2.05) is 6.26 Å². The third-order valence-electron chi connectivity index (χ3n) is 4.40. The molecule has 3 heterocycles. The summed E-state index contributed by atoms with van der Waals surface area (Å²) in [6, 6.07) is 2.44. The average molecular weight is 265 g/mol. The number of hydrogen-bond acceptors (Lipinski definition) is 4. The van der Waals surface area contributed by atoms with Crippen LogP contribution in [-0.2, 0) is 9.47 Å². The van der Waals surface area contributed by atoms with E-state index >= 15 is 0 Å². The summed E-state index contributed by atoms with van der Waals surface area (Å²) in [7, 11) is 0. The maximum Gasteiger partial charge on any atom is 0.0950 e. The van der Waals surface area contributed by atoms with Gasteiger partial charge in [0.1, 0.15) is 0 Å². The van der Waals surface area contributed by atoms with E-state index in [4.69, 9.17) is 13.9 Å². The molecule has 1 aromatic rings. The lowest BCUT2D eigenvalue weighted by Crippen LogP contribution is -2.44. The minimum atomic E-state index is -0.0275. The van der Waals surface area contributed by atoms with Crippen molar-refractivity contribution < 1.29 is 13.9 Å². The van der Waals surface area contributed by atoms with E-state index in [1.54, 1.807) is 6.26 Å². The fourth-order valence-electron chi connectivity index (χ4n) is 3.44. The molecular weight excluding hydrogens is 242 g/mol. The van der Waals surface area contributed by atoms with Gasteiger partial charge in [-0.2, -0.15) is 0 Å². The maximum atomic E-state index is 6.03. The molecule has 0 aliphatic carbocycles. The highest BCUT2D eigenvalue weighted by atomic mass is 16.6. The predicted molar refractivity (Wildman–Crippen MR) is 72.0 cm³/mol. The van der Waals surface area contributed by atoms with Crippen molar-refractivity contribution in [2.45, 2.75) is 37.8 Å². The van der Waals surface area contributed by atoms with Crippen molar-refractivity contribution in [2.24, 2.45) is 5.92 Å². The summed E-state index contributed by atoms with van der Waals surface area (Å²) >= 11 is 0. The molecule has 0 radical (unpaired) electrons. The first-order valence-electron chi connectivity index (χ1n) is 7.30. The van der Waals surface area contributed by atoms with Crippen LogP contribution in [0.5, 0.6) is 0 Å². The van der Waals surface area contributed by atoms with Crippen LogP contribution < -0.4 is 5.32 Å². The Balaban J connectivity index is 1.74. The highest BCUT2D eigenvalue weighted by molar-refractivity contribution is 5.14. The smallest absolute Gasteiger partial charge is 0.0950 e. The Bertz CT molecular complexity index is 384. The van der Waals surface area contributed by atoms with Gasteiger partial charge in [0, 0.05) is 31.2 Å². The number of hydrogen-bond donors (Lipinski definition) is 1. The van der Waals surface area contributed by atoms with Crippen LogP contribution in [0.4, 0.5) is 0 Å². The van der Waals surface area contributed by atoms with Gasteiger partial charge in [0.15, 0.2) is 0 Å². The molecule has 2 aliphatic heterocycles. The van der Waals surface area contributed by atoms with Crippen molar-refractivity contribution in [1.29, 1.82) is 0 Å². The number of rotatable bonds is 4. The first-order chi connectivity index (χ1) is 9.33. The molecule has 2 aliphatic rings. The van der Waals surface area contributed by atoms with Crippen LogP contribution in [0.15, 0.2) is 23.0 Å². The molecule has 1 N–H and O–H groups in total. The molecule has 19 heavy (non-hydrogen) atoms. The first-order valence-corrected chi connectivity index (χ1v) is 7.30. The van der Waals surface area contributed by atoms with Gasteiger partial charge >= 0.3 is 0 Å². The normalized spacial score (nSPS) is 32.8. The quantitative estimate of drug-likeness (QED) is 0.908. The third-order valence-corrected chi connectivity index (χ3v) is 4.40. The van der Waals surface area contributed by atoms with Gasteiger partial charge in [0.2, 0.25) is 0 Å². The van der Waals surface area contributed by atoms with Crippen LogP contribution in [0.3, 0.4) is 0 Å². The van der Waals surface area contributed by atoms with Crippen molar-refractivity contribution in [2.75, 3.05) is 26.4 Å². The van der Waals surface area contributed by atoms with Gasteiger partial charge in [-0.15, -0.1) is 0 Å². The summed E-state index contributed by atoms with van der Waals surface area (Å²) < 4.78 is 16.8. The van der Waals surface area contributed by atoms with Gasteiger partial charge < -0.3 is 19.2 Å². The Morgan fingerprint density at radius 1 is 1.47 bits per heavy atom. The van der Waals surface area contributed by atoms with Gasteiger partial charge in [-0.05, 0) is 31.4 Å². The molecule has 1 spiro atoms. The fraction of sp³-hybridized carbons (Fsp3) is 0.733. The molecule has 0 bridgehead atoms. The van der Waals surface area contributed by atoms with Gasteiger partial charge in [-0.25, -0.2) is 0 Å². The van der Waals surface area contributed by atoms with E-state index in [9.17, 15) is 0 Å². The van der Waals surface area contributed by atoms with Gasteiger partial charge in [-0.1, -0.05) is 6.92 Å². The largest absolute Gasteiger partial charge is 0.472 e. The van der Waals surface area contributed by atoms with Crippen LogP contribution >= 0.6 is 0 Å². The minimum Gasteiger partial charge on any atom is -0.472 e. The van der Waals surface area contributed by atoms with Gasteiger partial charge in [-0.3, -0.25) is 0 Å². The lowest BCUT2D eigenvalue weighted by molar-refractivity contribution is -0.103. The van der Waals surface area contributed by atoms with Crippen molar-refractivity contribution in [3.63, 3.8) is 0 Å². The second-order valence-electron chi connectivity index (χ2n) is 5.68. The summed E-state index contributed by atoms with van der Waals surface area (Å²) in [5, 5.41) is 3.60. The zero-order valence-electron chi connectivity index (χ0n) is 11.6. The van der Waals surface area contributed by atoms with Crippen LogP contribution in [0, 0.1) is 5.92 Å². The maximum absolute atomic E-state index is 6.03. The molecule has 4 nitrogen and oxygen atoms in total. The topological polar surface area (TPSA) is 43.6 Å². The Morgan fingerprint density at radius 3 is 3.11 bits per heavy atom. The van der Waals surface area contributed by atoms with Crippen LogP contribution in [0.25, 0.3) is 0 Å². The van der Waals surface area contributed by atoms with Crippen molar-refractivity contribution >= 4 is 0 Å².